The second-order valence-corrected chi connectivity index (χ2v) is 8.01. The van der Waals surface area contributed by atoms with Gasteiger partial charge in [0.25, 0.3) is 0 Å². The first-order valence-electron chi connectivity index (χ1n) is 9.25. The summed E-state index contributed by atoms with van der Waals surface area (Å²) in [4.78, 5) is 23.1. The number of carbonyl (C=O) groups is 1. The normalized spacial score (nSPS) is 23.8. The van der Waals surface area contributed by atoms with Gasteiger partial charge < -0.3 is 16.8 Å². The minimum Gasteiger partial charge on any atom is -0.369 e. The number of amides is 1. The van der Waals surface area contributed by atoms with Gasteiger partial charge in [-0.15, -0.1) is 0 Å². The zero-order valence-corrected chi connectivity index (χ0v) is 15.4. The van der Waals surface area contributed by atoms with Crippen molar-refractivity contribution in [3.05, 3.63) is 29.3 Å². The number of nitrogens with one attached hydrogen (secondary N) is 1. The van der Waals surface area contributed by atoms with Crippen molar-refractivity contribution in [1.29, 1.82) is 0 Å². The summed E-state index contributed by atoms with van der Waals surface area (Å²) in [7, 11) is 0. The summed E-state index contributed by atoms with van der Waals surface area (Å²) in [6, 6.07) is 6.19. The number of fused-ring (bicyclic) bond motifs is 1. The Kier molecular flexibility index (Phi) is 3.71. The highest BCUT2D eigenvalue weighted by Gasteiger charge is 2.43. The maximum Gasteiger partial charge on any atom is 0.225 e. The molecule has 2 heterocycles. The van der Waals surface area contributed by atoms with Gasteiger partial charge in [0.1, 0.15) is 5.66 Å². The lowest BCUT2D eigenvalue weighted by Crippen LogP contribution is -2.58. The molecular weight excluding hydrogens is 328 g/mol. The van der Waals surface area contributed by atoms with E-state index in [-0.39, 0.29) is 17.4 Å². The lowest BCUT2D eigenvalue weighted by atomic mass is 9.83. The lowest BCUT2D eigenvalue weighted by molar-refractivity contribution is -0.122. The van der Waals surface area contributed by atoms with Gasteiger partial charge in [0, 0.05) is 5.69 Å². The molecule has 1 saturated carbocycles. The van der Waals surface area contributed by atoms with Crippen molar-refractivity contribution in [3.8, 4) is 0 Å². The Balaban J connectivity index is 1.80. The van der Waals surface area contributed by atoms with Gasteiger partial charge in [-0.3, -0.25) is 9.69 Å². The average molecular weight is 354 g/mol. The molecule has 26 heavy (non-hydrogen) atoms. The number of anilines is 1. The van der Waals surface area contributed by atoms with Crippen LogP contribution in [0.1, 0.15) is 57.1 Å². The molecule has 1 aliphatic carbocycles. The molecule has 1 aromatic carbocycles. The molecule has 0 radical (unpaired) electrons. The van der Waals surface area contributed by atoms with Crippen molar-refractivity contribution in [2.45, 2.75) is 63.6 Å². The van der Waals surface area contributed by atoms with Crippen LogP contribution >= 0.6 is 0 Å². The molecule has 0 unspecified atom stereocenters. The fourth-order valence-corrected chi connectivity index (χ4v) is 4.60. The first kappa shape index (κ1) is 16.9. The van der Waals surface area contributed by atoms with E-state index >= 15 is 0 Å². The molecule has 1 fully saturated rings. The Bertz CT molecular complexity index is 819. The quantitative estimate of drug-likeness (QED) is 0.713. The maximum absolute atomic E-state index is 12.1. The van der Waals surface area contributed by atoms with Crippen LogP contribution in [0.3, 0.4) is 0 Å². The molecule has 3 aliphatic rings. The Labute approximate surface area is 153 Å². The van der Waals surface area contributed by atoms with Crippen LogP contribution in [0.5, 0.6) is 0 Å². The molecule has 1 aromatic rings. The van der Waals surface area contributed by atoms with Gasteiger partial charge in [-0.2, -0.15) is 4.99 Å². The van der Waals surface area contributed by atoms with Crippen LogP contribution in [-0.4, -0.2) is 23.5 Å². The molecule has 5 N–H and O–H groups in total. The SMILES string of the molecule is CC1(C)NC(=O)Cc2cc(N3C(N)=NC(N)=NC34CCCCC4)ccc21. The Hall–Kier alpha value is -2.57. The van der Waals surface area contributed by atoms with E-state index in [1.807, 2.05) is 24.8 Å². The molecule has 0 saturated heterocycles. The van der Waals surface area contributed by atoms with E-state index in [2.05, 4.69) is 22.4 Å². The largest absolute Gasteiger partial charge is 0.369 e. The van der Waals surface area contributed by atoms with Crippen LogP contribution in [-0.2, 0) is 16.8 Å². The van der Waals surface area contributed by atoms with E-state index in [0.717, 1.165) is 42.5 Å². The van der Waals surface area contributed by atoms with E-state index in [1.54, 1.807) is 0 Å². The van der Waals surface area contributed by atoms with Gasteiger partial charge in [-0.05, 0) is 62.8 Å². The van der Waals surface area contributed by atoms with Crippen LogP contribution in [0.2, 0.25) is 0 Å². The molecule has 2 aliphatic heterocycles. The highest BCUT2D eigenvalue weighted by Crippen LogP contribution is 2.41. The molecule has 4 rings (SSSR count). The standard InChI is InChI=1S/C19H26N6O/c1-18(2)14-7-6-13(10-12(14)11-15(26)23-18)25-17(21)22-16(20)24-19(25)8-4-3-5-9-19/h6-7,10H,3-5,8-9,11H2,1-2H3,(H,23,26)(H4,20,21,22,24). The van der Waals surface area contributed by atoms with Crippen molar-refractivity contribution < 1.29 is 4.79 Å². The van der Waals surface area contributed by atoms with Crippen LogP contribution in [0.15, 0.2) is 28.2 Å². The van der Waals surface area contributed by atoms with Crippen molar-refractivity contribution >= 4 is 23.5 Å². The first-order valence-corrected chi connectivity index (χ1v) is 9.25. The summed E-state index contributed by atoms with van der Waals surface area (Å²) in [5, 5.41) is 3.04. The van der Waals surface area contributed by atoms with Crippen molar-refractivity contribution in [2.75, 3.05) is 4.90 Å². The first-order chi connectivity index (χ1) is 12.3. The number of hydrogen-bond donors (Lipinski definition) is 3. The maximum atomic E-state index is 12.1. The second kappa shape index (κ2) is 5.72. The van der Waals surface area contributed by atoms with E-state index in [4.69, 9.17) is 16.5 Å². The zero-order valence-electron chi connectivity index (χ0n) is 15.4. The molecule has 1 amide bonds. The molecule has 1 spiro atoms. The molecule has 0 aromatic heterocycles. The van der Waals surface area contributed by atoms with E-state index in [9.17, 15) is 4.79 Å². The number of carbonyl (C=O) groups excluding carboxylic acids is 1. The van der Waals surface area contributed by atoms with Crippen molar-refractivity contribution in [3.63, 3.8) is 0 Å². The highest BCUT2D eigenvalue weighted by molar-refractivity contribution is 6.05. The van der Waals surface area contributed by atoms with Gasteiger partial charge in [0.2, 0.25) is 17.8 Å². The molecule has 7 nitrogen and oxygen atoms in total. The number of hydrogen-bond acceptors (Lipinski definition) is 6. The minimum atomic E-state index is -0.463. The summed E-state index contributed by atoms with van der Waals surface area (Å²) < 4.78 is 0. The van der Waals surface area contributed by atoms with Crippen LogP contribution in [0.25, 0.3) is 0 Å². The second-order valence-electron chi connectivity index (χ2n) is 8.01. The Morgan fingerprint density at radius 2 is 1.88 bits per heavy atom. The summed E-state index contributed by atoms with van der Waals surface area (Å²) in [5.74, 6) is 0.660. The molecule has 0 atom stereocenters. The van der Waals surface area contributed by atoms with Crippen LogP contribution < -0.4 is 21.7 Å². The van der Waals surface area contributed by atoms with Gasteiger partial charge in [0.05, 0.1) is 12.0 Å². The summed E-state index contributed by atoms with van der Waals surface area (Å²) in [6.07, 6.45) is 5.53. The molecule has 138 valence electrons. The van der Waals surface area contributed by atoms with E-state index in [1.165, 1.54) is 6.42 Å². The van der Waals surface area contributed by atoms with Gasteiger partial charge in [0.15, 0.2) is 0 Å². The van der Waals surface area contributed by atoms with E-state index < -0.39 is 5.66 Å². The van der Waals surface area contributed by atoms with E-state index in [0.29, 0.717) is 12.4 Å². The highest BCUT2D eigenvalue weighted by atomic mass is 16.1. The summed E-state index contributed by atoms with van der Waals surface area (Å²) in [6.45, 7) is 4.04. The average Bonchev–Trinajstić information content (AvgIpc) is 2.53. The van der Waals surface area contributed by atoms with Gasteiger partial charge in [-0.25, -0.2) is 4.99 Å². The number of nitrogens with zero attached hydrogens (tertiary/aromatic N) is 3. The fraction of sp³-hybridized carbons (Fsp3) is 0.526. The summed E-state index contributed by atoms with van der Waals surface area (Å²) in [5.41, 5.74) is 14.5. The van der Waals surface area contributed by atoms with Gasteiger partial charge >= 0.3 is 0 Å². The predicted octanol–water partition coefficient (Wildman–Crippen LogP) is 1.70. The number of aliphatic imine (C=N–C) groups is 2. The monoisotopic (exact) mass is 354 g/mol. The summed E-state index contributed by atoms with van der Waals surface area (Å²) >= 11 is 0. The number of nitrogens with two attached hydrogens (primary N) is 2. The van der Waals surface area contributed by atoms with Crippen molar-refractivity contribution in [2.24, 2.45) is 21.5 Å². The molecule has 7 heteroatoms. The zero-order chi connectivity index (χ0) is 18.5. The third-order valence-corrected chi connectivity index (χ3v) is 5.67. The smallest absolute Gasteiger partial charge is 0.225 e. The van der Waals surface area contributed by atoms with Crippen LogP contribution in [0, 0.1) is 0 Å². The van der Waals surface area contributed by atoms with Crippen LogP contribution in [0.4, 0.5) is 5.69 Å². The Morgan fingerprint density at radius 1 is 1.15 bits per heavy atom. The number of rotatable bonds is 1. The number of benzene rings is 1. The fourth-order valence-electron chi connectivity index (χ4n) is 4.60. The number of guanidine groups is 2. The lowest BCUT2D eigenvalue weighted by Gasteiger charge is -2.46. The topological polar surface area (TPSA) is 109 Å². The molecule has 0 bridgehead atoms. The Morgan fingerprint density at radius 3 is 2.62 bits per heavy atom. The third-order valence-electron chi connectivity index (χ3n) is 5.67. The van der Waals surface area contributed by atoms with Crippen molar-refractivity contribution in [1.82, 2.24) is 5.32 Å². The third kappa shape index (κ3) is 2.62. The van der Waals surface area contributed by atoms with Gasteiger partial charge in [-0.1, -0.05) is 12.5 Å². The molecular formula is C19H26N6O. The minimum absolute atomic E-state index is 0.0366. The predicted molar refractivity (Wildman–Crippen MR) is 103 cm³/mol.